The largest absolute Gasteiger partial charge is 0.419 e. The molecule has 1 atom stereocenters. The van der Waals surface area contributed by atoms with Crippen molar-refractivity contribution in [3.63, 3.8) is 0 Å². The number of aromatic nitrogens is 2. The summed E-state index contributed by atoms with van der Waals surface area (Å²) in [7, 11) is 1.68. The molecule has 1 aromatic carbocycles. The number of nitrogens with zero attached hydrogens (tertiary/aromatic N) is 2. The second kappa shape index (κ2) is 4.65. The van der Waals surface area contributed by atoms with E-state index in [-0.39, 0.29) is 11.3 Å². The number of hydrogen-bond acceptors (Lipinski definition) is 2. The van der Waals surface area contributed by atoms with E-state index < -0.39 is 23.7 Å². The Balaban J connectivity index is 2.35. The number of aryl methyl sites for hydroxylation is 1. The van der Waals surface area contributed by atoms with Crippen LogP contribution in [-0.2, 0) is 13.2 Å². The van der Waals surface area contributed by atoms with Gasteiger partial charge in [0, 0.05) is 13.2 Å². The normalized spacial score (nSPS) is 13.6. The lowest BCUT2D eigenvalue weighted by molar-refractivity contribution is -0.140. The molecule has 0 spiro atoms. The second-order valence-electron chi connectivity index (χ2n) is 4.10. The van der Waals surface area contributed by atoms with Crippen LogP contribution in [0.5, 0.6) is 0 Å². The maximum Gasteiger partial charge on any atom is 0.419 e. The molecule has 0 aliphatic carbocycles. The first-order chi connectivity index (χ1) is 8.79. The van der Waals surface area contributed by atoms with E-state index in [0.29, 0.717) is 12.1 Å². The van der Waals surface area contributed by atoms with Crippen LogP contribution in [0.15, 0.2) is 30.7 Å². The van der Waals surface area contributed by atoms with Gasteiger partial charge in [-0.1, -0.05) is 6.07 Å². The number of aliphatic hydroxyl groups excluding tert-OH is 1. The van der Waals surface area contributed by atoms with Crippen molar-refractivity contribution in [2.75, 3.05) is 0 Å². The van der Waals surface area contributed by atoms with Crippen LogP contribution >= 0.6 is 0 Å². The van der Waals surface area contributed by atoms with Crippen molar-refractivity contribution in [3.8, 4) is 0 Å². The van der Waals surface area contributed by atoms with Gasteiger partial charge in [0.1, 0.15) is 11.9 Å². The van der Waals surface area contributed by atoms with E-state index in [1.54, 1.807) is 11.6 Å². The van der Waals surface area contributed by atoms with Gasteiger partial charge in [0.05, 0.1) is 17.6 Å². The molecule has 3 nitrogen and oxygen atoms in total. The highest BCUT2D eigenvalue weighted by atomic mass is 19.4. The summed E-state index contributed by atoms with van der Waals surface area (Å²) in [6, 6.07) is 2.31. The fourth-order valence-electron chi connectivity index (χ4n) is 1.68. The van der Waals surface area contributed by atoms with Crippen molar-refractivity contribution in [3.05, 3.63) is 53.4 Å². The Bertz CT molecular complexity index is 592. The molecule has 1 N–H and O–H groups in total. The van der Waals surface area contributed by atoms with E-state index in [1.165, 1.54) is 12.5 Å². The summed E-state index contributed by atoms with van der Waals surface area (Å²) in [4.78, 5) is 3.86. The van der Waals surface area contributed by atoms with Gasteiger partial charge in [-0.05, 0) is 17.7 Å². The Morgan fingerprint density at radius 3 is 2.47 bits per heavy atom. The molecule has 19 heavy (non-hydrogen) atoms. The summed E-state index contributed by atoms with van der Waals surface area (Å²) in [5.74, 6) is -1.42. The molecule has 2 aromatic rings. The van der Waals surface area contributed by atoms with Crippen LogP contribution in [0, 0.1) is 5.82 Å². The number of imidazole rings is 1. The number of aliphatic hydroxyl groups is 1. The van der Waals surface area contributed by atoms with E-state index >= 15 is 0 Å². The van der Waals surface area contributed by atoms with Gasteiger partial charge in [0.2, 0.25) is 0 Å². The Morgan fingerprint density at radius 2 is 2.00 bits per heavy atom. The van der Waals surface area contributed by atoms with Gasteiger partial charge >= 0.3 is 6.18 Å². The molecule has 0 fully saturated rings. The molecule has 0 radical (unpaired) electrons. The predicted octanol–water partition coefficient (Wildman–Crippen LogP) is 2.66. The summed E-state index contributed by atoms with van der Waals surface area (Å²) in [5, 5.41) is 9.90. The van der Waals surface area contributed by atoms with E-state index in [2.05, 4.69) is 4.98 Å². The maximum absolute atomic E-state index is 13.4. The van der Waals surface area contributed by atoms with Crippen molar-refractivity contribution >= 4 is 0 Å². The third kappa shape index (κ3) is 2.76. The first kappa shape index (κ1) is 13.5. The van der Waals surface area contributed by atoms with Crippen LogP contribution in [0.25, 0.3) is 0 Å². The number of benzene rings is 1. The van der Waals surface area contributed by atoms with E-state index in [1.807, 2.05) is 0 Å². The van der Waals surface area contributed by atoms with Crippen LogP contribution in [0.3, 0.4) is 0 Å². The highest BCUT2D eigenvalue weighted by Gasteiger charge is 2.34. The van der Waals surface area contributed by atoms with Crippen molar-refractivity contribution < 1.29 is 22.7 Å². The molecule has 0 aliphatic rings. The molecule has 102 valence electrons. The van der Waals surface area contributed by atoms with Gasteiger partial charge in [0.15, 0.2) is 0 Å². The molecule has 1 heterocycles. The molecule has 7 heteroatoms. The topological polar surface area (TPSA) is 38.0 Å². The third-order valence-corrected chi connectivity index (χ3v) is 2.62. The highest BCUT2D eigenvalue weighted by Crippen LogP contribution is 2.33. The van der Waals surface area contributed by atoms with E-state index in [4.69, 9.17) is 0 Å². The summed E-state index contributed by atoms with van der Waals surface area (Å²) >= 11 is 0. The number of hydrogen-bond donors (Lipinski definition) is 1. The molecule has 0 saturated carbocycles. The zero-order chi connectivity index (χ0) is 14.2. The second-order valence-corrected chi connectivity index (χ2v) is 4.10. The zero-order valence-corrected chi connectivity index (χ0v) is 9.82. The summed E-state index contributed by atoms with van der Waals surface area (Å²) in [5.41, 5.74) is -1.10. The molecular formula is C12H10F4N2O. The average molecular weight is 274 g/mol. The lowest BCUT2D eigenvalue weighted by Crippen LogP contribution is -2.09. The van der Waals surface area contributed by atoms with Gasteiger partial charge < -0.3 is 9.67 Å². The van der Waals surface area contributed by atoms with Gasteiger partial charge in [-0.25, -0.2) is 9.37 Å². The molecule has 0 amide bonds. The SMILES string of the molecule is Cn1cnc(C(O)c2ccc(C(F)(F)F)c(F)c2)c1. The van der Waals surface area contributed by atoms with Crippen molar-refractivity contribution in [2.24, 2.45) is 7.05 Å². The molecular weight excluding hydrogens is 264 g/mol. The number of halogens is 4. The third-order valence-electron chi connectivity index (χ3n) is 2.62. The summed E-state index contributed by atoms with van der Waals surface area (Å²) in [6.45, 7) is 0. The first-order valence-corrected chi connectivity index (χ1v) is 5.31. The molecule has 0 saturated heterocycles. The lowest BCUT2D eigenvalue weighted by Gasteiger charge is -2.12. The van der Waals surface area contributed by atoms with Gasteiger partial charge in [-0.15, -0.1) is 0 Å². The van der Waals surface area contributed by atoms with E-state index in [0.717, 1.165) is 6.07 Å². The van der Waals surface area contributed by atoms with Crippen LogP contribution in [0.1, 0.15) is 22.9 Å². The van der Waals surface area contributed by atoms with E-state index in [9.17, 15) is 22.7 Å². The monoisotopic (exact) mass is 274 g/mol. The quantitative estimate of drug-likeness (QED) is 0.855. The minimum absolute atomic E-state index is 0.0178. The molecule has 2 rings (SSSR count). The lowest BCUT2D eigenvalue weighted by atomic mass is 10.0. The molecule has 1 aromatic heterocycles. The fourth-order valence-corrected chi connectivity index (χ4v) is 1.68. The highest BCUT2D eigenvalue weighted by molar-refractivity contribution is 5.31. The minimum Gasteiger partial charge on any atom is -0.382 e. The Labute approximate surface area is 106 Å². The zero-order valence-electron chi connectivity index (χ0n) is 9.82. The van der Waals surface area contributed by atoms with Gasteiger partial charge in [-0.3, -0.25) is 0 Å². The smallest absolute Gasteiger partial charge is 0.382 e. The Hall–Kier alpha value is -1.89. The van der Waals surface area contributed by atoms with Crippen molar-refractivity contribution in [1.82, 2.24) is 9.55 Å². The van der Waals surface area contributed by atoms with Crippen LogP contribution < -0.4 is 0 Å². The fraction of sp³-hybridized carbons (Fsp3) is 0.250. The van der Waals surface area contributed by atoms with Crippen LogP contribution in [0.2, 0.25) is 0 Å². The standard InChI is InChI=1S/C12H10F4N2O/c1-18-5-10(17-6-18)11(19)7-2-3-8(9(13)4-7)12(14,15)16/h2-6,11,19H,1H3. The van der Waals surface area contributed by atoms with Crippen LogP contribution in [0.4, 0.5) is 17.6 Å². The number of alkyl halides is 3. The van der Waals surface area contributed by atoms with Gasteiger partial charge in [0.25, 0.3) is 0 Å². The van der Waals surface area contributed by atoms with Crippen LogP contribution in [-0.4, -0.2) is 14.7 Å². The van der Waals surface area contributed by atoms with Crippen molar-refractivity contribution in [1.29, 1.82) is 0 Å². The molecule has 0 bridgehead atoms. The molecule has 0 aliphatic heterocycles. The maximum atomic E-state index is 13.4. The molecule has 1 unspecified atom stereocenters. The van der Waals surface area contributed by atoms with Gasteiger partial charge in [-0.2, -0.15) is 13.2 Å². The first-order valence-electron chi connectivity index (χ1n) is 5.31. The Morgan fingerprint density at radius 1 is 1.32 bits per heavy atom. The van der Waals surface area contributed by atoms with Crippen molar-refractivity contribution in [2.45, 2.75) is 12.3 Å². The minimum atomic E-state index is -4.75. The average Bonchev–Trinajstić information content (AvgIpc) is 2.73. The summed E-state index contributed by atoms with van der Waals surface area (Å²) in [6.07, 6.45) is -3.09. The predicted molar refractivity (Wildman–Crippen MR) is 58.7 cm³/mol. The Kier molecular flexibility index (Phi) is 3.32. The number of rotatable bonds is 2. The summed E-state index contributed by atoms with van der Waals surface area (Å²) < 4.78 is 52.1.